The van der Waals surface area contributed by atoms with Crippen LogP contribution in [0.5, 0.6) is 0 Å². The summed E-state index contributed by atoms with van der Waals surface area (Å²) >= 11 is 0. The van der Waals surface area contributed by atoms with Gasteiger partial charge in [-0.05, 0) is 0 Å². The Morgan fingerprint density at radius 2 is 1.20 bits per heavy atom. The number of aliphatic hydroxyl groups excluding tert-OH is 2. The molecule has 0 radical (unpaired) electrons. The van der Waals surface area contributed by atoms with Crippen molar-refractivity contribution in [2.75, 3.05) is 26.4 Å². The first-order chi connectivity index (χ1) is 3.91. The molecule has 10 heavy (non-hydrogen) atoms. The number of aliphatic hydroxyl groups is 2. The first-order valence-electron chi connectivity index (χ1n) is 2.38. The van der Waals surface area contributed by atoms with Crippen LogP contribution in [0.4, 0.5) is 0 Å². The van der Waals surface area contributed by atoms with Gasteiger partial charge < -0.3 is 13.1 Å². The van der Waals surface area contributed by atoms with Crippen LogP contribution in [0, 0.1) is 0 Å². The van der Waals surface area contributed by atoms with Gasteiger partial charge in [-0.3, -0.25) is 0 Å². The Morgan fingerprint density at radius 1 is 0.900 bits per heavy atom. The van der Waals surface area contributed by atoms with Gasteiger partial charge in [-0.15, -0.1) is 0 Å². The maximum atomic E-state index is 8.10. The molecule has 0 aliphatic heterocycles. The van der Waals surface area contributed by atoms with Crippen LogP contribution in [0.3, 0.4) is 0 Å². The Bertz CT molecular complexity index is 48.0. The first kappa shape index (κ1) is 18.8. The molecule has 0 aliphatic rings. The Kier molecular flexibility index (Phi) is 33.9. The molecular weight excluding hydrogens is 190 g/mol. The van der Waals surface area contributed by atoms with E-state index in [1.54, 1.807) is 0 Å². The molecule has 0 saturated heterocycles. The van der Waals surface area contributed by atoms with Gasteiger partial charge in [0.2, 0.25) is 0 Å². The van der Waals surface area contributed by atoms with Gasteiger partial charge in [-0.25, -0.2) is 9.78 Å². The Hall–Kier alpha value is 3.11. The van der Waals surface area contributed by atoms with Crippen molar-refractivity contribution in [3.63, 3.8) is 0 Å². The normalized spacial score (nSPS) is 7.80. The summed E-state index contributed by atoms with van der Waals surface area (Å²) in [6, 6.07) is 0. The van der Waals surface area contributed by atoms with E-state index in [0.717, 1.165) is 0 Å². The standard InChI is InChI=1S/C4H10O4.2K.2H/c5-1-3-7-8-4-2-6;;;;/h5-6H,1-4H2;;;;/q;2*+1;2*-1. The summed E-state index contributed by atoms with van der Waals surface area (Å²) in [6.45, 7) is 0.177. The smallest absolute Gasteiger partial charge is 1.00 e. The van der Waals surface area contributed by atoms with Crippen LogP contribution >= 0.6 is 0 Å². The van der Waals surface area contributed by atoms with Crippen molar-refractivity contribution in [1.29, 1.82) is 0 Å². The largest absolute Gasteiger partial charge is 1.00 e. The van der Waals surface area contributed by atoms with Crippen LogP contribution in [0.15, 0.2) is 0 Å². The summed E-state index contributed by atoms with van der Waals surface area (Å²) in [5.74, 6) is 0. The van der Waals surface area contributed by atoms with E-state index in [4.69, 9.17) is 10.2 Å². The van der Waals surface area contributed by atoms with E-state index in [0.29, 0.717) is 0 Å². The van der Waals surface area contributed by atoms with E-state index in [1.165, 1.54) is 0 Å². The Labute approximate surface area is 148 Å². The first-order valence-corrected chi connectivity index (χ1v) is 2.38. The van der Waals surface area contributed by atoms with Gasteiger partial charge in [0.05, 0.1) is 13.2 Å². The van der Waals surface area contributed by atoms with Crippen molar-refractivity contribution in [2.45, 2.75) is 0 Å². The molecule has 0 aromatic carbocycles. The van der Waals surface area contributed by atoms with Gasteiger partial charge in [-0.1, -0.05) is 0 Å². The molecule has 0 unspecified atom stereocenters. The molecule has 0 aromatic heterocycles. The molecule has 0 aliphatic carbocycles. The molecule has 0 atom stereocenters. The van der Waals surface area contributed by atoms with E-state index < -0.39 is 0 Å². The zero-order chi connectivity index (χ0) is 6.24. The SMILES string of the molecule is OCCOOCCO.[H-].[H-].[K+].[K+]. The monoisotopic (exact) mass is 202 g/mol. The molecule has 0 spiro atoms. The minimum atomic E-state index is -0.0641. The molecule has 2 N–H and O–H groups in total. The second-order valence-corrected chi connectivity index (χ2v) is 1.09. The summed E-state index contributed by atoms with van der Waals surface area (Å²) in [6.07, 6.45) is 0. The average Bonchev–Trinajstić information content (AvgIpc) is 1.81. The van der Waals surface area contributed by atoms with Crippen LogP contribution in [0.25, 0.3) is 0 Å². The minimum Gasteiger partial charge on any atom is -1.00 e. The fourth-order valence-electron chi connectivity index (χ4n) is 0.192. The molecule has 0 heterocycles. The third-order valence-corrected chi connectivity index (χ3v) is 0.433. The molecule has 6 heteroatoms. The van der Waals surface area contributed by atoms with Crippen molar-refractivity contribution in [3.8, 4) is 0 Å². The van der Waals surface area contributed by atoms with Crippen molar-refractivity contribution >= 4 is 0 Å². The van der Waals surface area contributed by atoms with E-state index in [2.05, 4.69) is 9.78 Å². The maximum Gasteiger partial charge on any atom is 1.00 e. The third kappa shape index (κ3) is 17.3. The van der Waals surface area contributed by atoms with Crippen LogP contribution < -0.4 is 103 Å². The second kappa shape index (κ2) is 18.0. The van der Waals surface area contributed by atoms with E-state index in [1.807, 2.05) is 0 Å². The van der Waals surface area contributed by atoms with E-state index >= 15 is 0 Å². The number of hydrogen-bond acceptors (Lipinski definition) is 4. The van der Waals surface area contributed by atoms with E-state index in [9.17, 15) is 0 Å². The van der Waals surface area contributed by atoms with E-state index in [-0.39, 0.29) is 132 Å². The Balaban J connectivity index is -0.0000000408. The fraction of sp³-hybridized carbons (Fsp3) is 1.00. The molecule has 0 rings (SSSR count). The molecular formula is C4H12K2O4. The van der Waals surface area contributed by atoms with Crippen LogP contribution in [0.2, 0.25) is 0 Å². The zero-order valence-corrected chi connectivity index (χ0v) is 12.8. The molecule has 0 bridgehead atoms. The summed E-state index contributed by atoms with van der Waals surface area (Å²) in [5.41, 5.74) is 0. The van der Waals surface area contributed by atoms with Crippen molar-refractivity contribution in [2.24, 2.45) is 0 Å². The van der Waals surface area contributed by atoms with Gasteiger partial charge in [0.1, 0.15) is 13.2 Å². The quantitative estimate of drug-likeness (QED) is 0.201. The predicted octanol–water partition coefficient (Wildman–Crippen LogP) is -6.85. The molecule has 54 valence electrons. The topological polar surface area (TPSA) is 58.9 Å². The van der Waals surface area contributed by atoms with Crippen molar-refractivity contribution in [1.82, 2.24) is 0 Å². The van der Waals surface area contributed by atoms with Crippen LogP contribution in [-0.2, 0) is 9.78 Å². The van der Waals surface area contributed by atoms with Gasteiger partial charge in [0, 0.05) is 0 Å². The minimum absolute atomic E-state index is 0. The summed E-state index contributed by atoms with van der Waals surface area (Å²) in [7, 11) is 0. The molecule has 0 saturated carbocycles. The summed E-state index contributed by atoms with van der Waals surface area (Å²) in [4.78, 5) is 8.63. The van der Waals surface area contributed by atoms with Gasteiger partial charge in [0.25, 0.3) is 0 Å². The molecule has 0 fully saturated rings. The summed E-state index contributed by atoms with van der Waals surface area (Å²) < 4.78 is 0. The van der Waals surface area contributed by atoms with Crippen molar-refractivity contribution in [3.05, 3.63) is 0 Å². The zero-order valence-electron chi connectivity index (χ0n) is 8.54. The van der Waals surface area contributed by atoms with Crippen LogP contribution in [0.1, 0.15) is 2.85 Å². The van der Waals surface area contributed by atoms with Gasteiger partial charge >= 0.3 is 103 Å². The Morgan fingerprint density at radius 3 is 1.40 bits per heavy atom. The van der Waals surface area contributed by atoms with Gasteiger partial charge in [0.15, 0.2) is 0 Å². The van der Waals surface area contributed by atoms with Crippen molar-refractivity contribution < 1.29 is 126 Å². The van der Waals surface area contributed by atoms with Crippen LogP contribution in [-0.4, -0.2) is 36.6 Å². The molecule has 0 amide bonds. The third-order valence-electron chi connectivity index (χ3n) is 0.433. The maximum absolute atomic E-state index is 8.10. The molecule has 4 nitrogen and oxygen atoms in total. The second-order valence-electron chi connectivity index (χ2n) is 1.09. The van der Waals surface area contributed by atoms with Gasteiger partial charge in [-0.2, -0.15) is 0 Å². The fourth-order valence-corrected chi connectivity index (χ4v) is 0.192. The number of rotatable bonds is 5. The summed E-state index contributed by atoms with van der Waals surface area (Å²) in [5, 5.41) is 16.2. The number of hydrogen-bond donors (Lipinski definition) is 2. The predicted molar refractivity (Wildman–Crippen MR) is 28.3 cm³/mol. The molecule has 0 aromatic rings. The average molecular weight is 202 g/mol.